The van der Waals surface area contributed by atoms with Crippen molar-refractivity contribution in [1.29, 1.82) is 5.26 Å². The van der Waals surface area contributed by atoms with Crippen LogP contribution in [-0.2, 0) is 12.8 Å². The van der Waals surface area contributed by atoms with Gasteiger partial charge < -0.3 is 0 Å². The Morgan fingerprint density at radius 2 is 2.12 bits per heavy atom. The van der Waals surface area contributed by atoms with Gasteiger partial charge in [0.2, 0.25) is 0 Å². The smallest absolute Gasteiger partial charge is 0.220 e. The Morgan fingerprint density at radius 3 is 2.76 bits per heavy atom. The normalized spacial score (nSPS) is 10.2. The van der Waals surface area contributed by atoms with Crippen molar-refractivity contribution in [1.82, 2.24) is 24.7 Å². The first kappa shape index (κ1) is 11.2. The summed E-state index contributed by atoms with van der Waals surface area (Å²) in [5, 5.41) is 13.1. The average Bonchev–Trinajstić information content (AvgIpc) is 2.82. The molecule has 0 fully saturated rings. The lowest BCUT2D eigenvalue weighted by molar-refractivity contribution is 0.741. The molecular formula is C11H12N6. The highest BCUT2D eigenvalue weighted by molar-refractivity contribution is 5.23. The Hall–Kier alpha value is -2.29. The Labute approximate surface area is 99.0 Å². The van der Waals surface area contributed by atoms with E-state index in [0.29, 0.717) is 11.6 Å². The molecule has 2 rings (SSSR count). The molecule has 0 aliphatic rings. The molecule has 0 aliphatic heterocycles. The van der Waals surface area contributed by atoms with Gasteiger partial charge >= 0.3 is 0 Å². The van der Waals surface area contributed by atoms with Crippen LogP contribution in [0, 0.1) is 11.3 Å². The van der Waals surface area contributed by atoms with Crippen molar-refractivity contribution >= 4 is 0 Å². The monoisotopic (exact) mass is 228 g/mol. The van der Waals surface area contributed by atoms with Crippen LogP contribution in [0.25, 0.3) is 5.95 Å². The molecule has 0 aromatic carbocycles. The van der Waals surface area contributed by atoms with Crippen LogP contribution in [-0.4, -0.2) is 24.7 Å². The largest absolute Gasteiger partial charge is 0.253 e. The molecule has 17 heavy (non-hydrogen) atoms. The number of hydrogen-bond acceptors (Lipinski definition) is 5. The minimum atomic E-state index is 0.325. The van der Waals surface area contributed by atoms with Crippen LogP contribution in [0.5, 0.6) is 0 Å². The summed E-state index contributed by atoms with van der Waals surface area (Å²) in [6.45, 7) is 3.99. The lowest BCUT2D eigenvalue weighted by Crippen LogP contribution is -2.07. The van der Waals surface area contributed by atoms with Crippen LogP contribution >= 0.6 is 0 Å². The number of aryl methyl sites for hydroxylation is 2. The molecule has 0 radical (unpaired) electrons. The van der Waals surface area contributed by atoms with E-state index in [0.717, 1.165) is 24.5 Å². The van der Waals surface area contributed by atoms with Crippen LogP contribution in [0.1, 0.15) is 31.2 Å². The minimum Gasteiger partial charge on any atom is -0.220 e. The van der Waals surface area contributed by atoms with E-state index in [2.05, 4.69) is 20.1 Å². The van der Waals surface area contributed by atoms with Gasteiger partial charge in [0.25, 0.3) is 5.95 Å². The zero-order chi connectivity index (χ0) is 12.3. The quantitative estimate of drug-likeness (QED) is 0.784. The Kier molecular flexibility index (Phi) is 3.10. The summed E-state index contributed by atoms with van der Waals surface area (Å²) in [5.41, 5.74) is 0.325. The Balaban J connectivity index is 2.51. The summed E-state index contributed by atoms with van der Waals surface area (Å²) in [6, 6.07) is 3.55. The highest BCUT2D eigenvalue weighted by Gasteiger charge is 2.11. The summed E-state index contributed by atoms with van der Waals surface area (Å²) in [6.07, 6.45) is 3.05. The molecule has 2 aromatic rings. The van der Waals surface area contributed by atoms with E-state index >= 15 is 0 Å². The summed E-state index contributed by atoms with van der Waals surface area (Å²) in [5.74, 6) is 1.96. The Bertz CT molecular complexity index is 566. The molecular weight excluding hydrogens is 216 g/mol. The maximum Gasteiger partial charge on any atom is 0.253 e. The van der Waals surface area contributed by atoms with Crippen LogP contribution < -0.4 is 0 Å². The van der Waals surface area contributed by atoms with Gasteiger partial charge in [0, 0.05) is 19.0 Å². The third kappa shape index (κ3) is 2.13. The van der Waals surface area contributed by atoms with Crippen molar-refractivity contribution in [3.8, 4) is 12.0 Å². The van der Waals surface area contributed by atoms with Crippen LogP contribution in [0.3, 0.4) is 0 Å². The van der Waals surface area contributed by atoms with E-state index in [-0.39, 0.29) is 0 Å². The first-order valence-corrected chi connectivity index (χ1v) is 5.46. The van der Waals surface area contributed by atoms with Gasteiger partial charge in [-0.1, -0.05) is 13.8 Å². The summed E-state index contributed by atoms with van der Waals surface area (Å²) >= 11 is 0. The fourth-order valence-corrected chi connectivity index (χ4v) is 1.44. The van der Waals surface area contributed by atoms with Crippen LogP contribution in [0.15, 0.2) is 12.3 Å². The number of hydrogen-bond donors (Lipinski definition) is 0. The topological polar surface area (TPSA) is 80.3 Å². The predicted octanol–water partition coefficient (Wildman–Crippen LogP) is 1.05. The standard InChI is InChI=1S/C11H12N6/c1-3-9-15-10(4-2)17(16-9)11-13-6-5-8(7-12)14-11/h5-6H,3-4H2,1-2H3. The summed E-state index contributed by atoms with van der Waals surface area (Å²) in [7, 11) is 0. The van der Waals surface area contributed by atoms with Crippen LogP contribution in [0.2, 0.25) is 0 Å². The van der Waals surface area contributed by atoms with E-state index in [9.17, 15) is 0 Å². The molecule has 0 amide bonds. The second kappa shape index (κ2) is 4.70. The summed E-state index contributed by atoms with van der Waals surface area (Å²) in [4.78, 5) is 12.6. The van der Waals surface area contributed by atoms with Gasteiger partial charge in [-0.25, -0.2) is 15.0 Å². The van der Waals surface area contributed by atoms with Crippen molar-refractivity contribution in [2.45, 2.75) is 26.7 Å². The molecule has 2 heterocycles. The van der Waals surface area contributed by atoms with E-state index < -0.39 is 0 Å². The third-order valence-electron chi connectivity index (χ3n) is 2.30. The molecule has 0 saturated carbocycles. The average molecular weight is 228 g/mol. The highest BCUT2D eigenvalue weighted by atomic mass is 15.4. The van der Waals surface area contributed by atoms with Gasteiger partial charge in [-0.2, -0.15) is 9.94 Å². The first-order valence-electron chi connectivity index (χ1n) is 5.46. The second-order valence-corrected chi connectivity index (χ2v) is 3.42. The molecule has 0 N–H and O–H groups in total. The molecule has 86 valence electrons. The molecule has 0 spiro atoms. The molecule has 0 bridgehead atoms. The molecule has 0 atom stereocenters. The first-order chi connectivity index (χ1) is 8.28. The second-order valence-electron chi connectivity index (χ2n) is 3.42. The molecule has 0 aliphatic carbocycles. The molecule has 0 saturated heterocycles. The number of nitrogens with zero attached hydrogens (tertiary/aromatic N) is 6. The lowest BCUT2D eigenvalue weighted by atomic mass is 10.4. The maximum absolute atomic E-state index is 8.80. The van der Waals surface area contributed by atoms with E-state index in [1.807, 2.05) is 19.9 Å². The maximum atomic E-state index is 8.80. The lowest BCUT2D eigenvalue weighted by Gasteiger charge is -2.01. The fourth-order valence-electron chi connectivity index (χ4n) is 1.44. The zero-order valence-electron chi connectivity index (χ0n) is 9.75. The van der Waals surface area contributed by atoms with Crippen molar-refractivity contribution in [2.24, 2.45) is 0 Å². The number of aromatic nitrogens is 5. The number of nitriles is 1. The Morgan fingerprint density at radius 1 is 1.29 bits per heavy atom. The number of rotatable bonds is 3. The highest BCUT2D eigenvalue weighted by Crippen LogP contribution is 2.06. The van der Waals surface area contributed by atoms with Crippen molar-refractivity contribution in [3.05, 3.63) is 29.6 Å². The summed E-state index contributed by atoms with van der Waals surface area (Å²) < 4.78 is 1.60. The predicted molar refractivity (Wildman–Crippen MR) is 60.4 cm³/mol. The van der Waals surface area contributed by atoms with Gasteiger partial charge in [0.05, 0.1) is 0 Å². The van der Waals surface area contributed by atoms with Crippen molar-refractivity contribution < 1.29 is 0 Å². The van der Waals surface area contributed by atoms with Gasteiger partial charge in [0.15, 0.2) is 5.82 Å². The SMILES string of the molecule is CCc1nc(CC)n(-c2nccc(C#N)n2)n1. The van der Waals surface area contributed by atoms with Gasteiger partial charge in [-0.3, -0.25) is 0 Å². The molecule has 0 unspecified atom stereocenters. The van der Waals surface area contributed by atoms with Crippen molar-refractivity contribution in [2.75, 3.05) is 0 Å². The minimum absolute atomic E-state index is 0.325. The van der Waals surface area contributed by atoms with E-state index in [1.54, 1.807) is 16.9 Å². The molecule has 2 aromatic heterocycles. The van der Waals surface area contributed by atoms with E-state index in [4.69, 9.17) is 5.26 Å². The van der Waals surface area contributed by atoms with Crippen LogP contribution in [0.4, 0.5) is 0 Å². The fraction of sp³-hybridized carbons (Fsp3) is 0.364. The zero-order valence-corrected chi connectivity index (χ0v) is 9.75. The molecule has 6 heteroatoms. The van der Waals surface area contributed by atoms with Gasteiger partial charge in [-0.05, 0) is 6.07 Å². The third-order valence-corrected chi connectivity index (χ3v) is 2.30. The van der Waals surface area contributed by atoms with Gasteiger partial charge in [-0.15, -0.1) is 5.10 Å². The van der Waals surface area contributed by atoms with Crippen molar-refractivity contribution in [3.63, 3.8) is 0 Å². The van der Waals surface area contributed by atoms with E-state index in [1.165, 1.54) is 0 Å². The molecule has 6 nitrogen and oxygen atoms in total. The van der Waals surface area contributed by atoms with Gasteiger partial charge in [0.1, 0.15) is 17.6 Å².